The van der Waals surface area contributed by atoms with E-state index in [4.69, 9.17) is 0 Å². The maximum atomic E-state index is 13.1. The molecule has 96 valence electrons. The van der Waals surface area contributed by atoms with Gasteiger partial charge in [-0.05, 0) is 30.5 Å². The third kappa shape index (κ3) is 4.09. The van der Waals surface area contributed by atoms with Gasteiger partial charge in [0.25, 0.3) is 0 Å². The van der Waals surface area contributed by atoms with E-state index in [1.807, 2.05) is 0 Å². The molecule has 3 nitrogen and oxygen atoms in total. The molecule has 0 heterocycles. The van der Waals surface area contributed by atoms with Crippen molar-refractivity contribution in [1.82, 2.24) is 0 Å². The zero-order valence-corrected chi connectivity index (χ0v) is 10.8. The van der Waals surface area contributed by atoms with Crippen molar-refractivity contribution >= 4 is 9.84 Å². The average Bonchev–Trinajstić information content (AvgIpc) is 2.25. The van der Waals surface area contributed by atoms with Crippen molar-refractivity contribution in [2.75, 3.05) is 12.0 Å². The molecule has 0 fully saturated rings. The highest BCUT2D eigenvalue weighted by atomic mass is 32.2. The fraction of sp³-hybridized carbons (Fsp3) is 0.500. The van der Waals surface area contributed by atoms with Crippen LogP contribution in [0.25, 0.3) is 0 Å². The molecule has 1 aromatic rings. The molecule has 0 aromatic heterocycles. The highest BCUT2D eigenvalue weighted by Gasteiger charge is 2.28. The predicted molar refractivity (Wildman–Crippen MR) is 64.9 cm³/mol. The molecule has 0 aliphatic rings. The summed E-state index contributed by atoms with van der Waals surface area (Å²) < 4.78 is 35.3. The van der Waals surface area contributed by atoms with Crippen molar-refractivity contribution in [1.29, 1.82) is 0 Å². The number of rotatable bonds is 5. The fourth-order valence-corrected chi connectivity index (χ4v) is 2.37. The summed E-state index contributed by atoms with van der Waals surface area (Å²) in [6.45, 7) is 1.74. The molecule has 0 radical (unpaired) electrons. The Hall–Kier alpha value is -0.940. The summed E-state index contributed by atoms with van der Waals surface area (Å²) in [5.41, 5.74) is -0.866. The summed E-state index contributed by atoms with van der Waals surface area (Å²) in [5, 5.41) is 10.3. The first kappa shape index (κ1) is 14.1. The van der Waals surface area contributed by atoms with Crippen molar-refractivity contribution in [3.8, 4) is 0 Å². The quantitative estimate of drug-likeness (QED) is 0.879. The van der Waals surface area contributed by atoms with Crippen molar-refractivity contribution in [3.05, 3.63) is 35.6 Å². The zero-order chi connectivity index (χ0) is 13.1. The molecule has 0 saturated heterocycles. The lowest BCUT2D eigenvalue weighted by Gasteiger charge is -2.27. The van der Waals surface area contributed by atoms with Crippen LogP contribution in [0.5, 0.6) is 0 Å². The third-order valence-electron chi connectivity index (χ3n) is 2.83. The van der Waals surface area contributed by atoms with Gasteiger partial charge in [0, 0.05) is 6.26 Å². The van der Waals surface area contributed by atoms with Crippen LogP contribution in [0.4, 0.5) is 4.39 Å². The molecule has 0 spiro atoms. The van der Waals surface area contributed by atoms with Gasteiger partial charge in [-0.1, -0.05) is 19.1 Å². The highest BCUT2D eigenvalue weighted by molar-refractivity contribution is 7.90. The van der Waals surface area contributed by atoms with Gasteiger partial charge in [0.1, 0.15) is 15.7 Å². The minimum Gasteiger partial charge on any atom is -0.385 e. The summed E-state index contributed by atoms with van der Waals surface area (Å²) in [7, 11) is -3.14. The first-order valence-electron chi connectivity index (χ1n) is 5.43. The second-order valence-corrected chi connectivity index (χ2v) is 6.54. The first-order valence-corrected chi connectivity index (χ1v) is 7.49. The van der Waals surface area contributed by atoms with E-state index in [0.717, 1.165) is 6.26 Å². The highest BCUT2D eigenvalue weighted by Crippen LogP contribution is 2.29. The molecule has 0 aliphatic heterocycles. The molecule has 0 amide bonds. The van der Waals surface area contributed by atoms with Crippen molar-refractivity contribution in [3.63, 3.8) is 0 Å². The number of aliphatic hydroxyl groups is 1. The number of sulfone groups is 1. The molecule has 0 bridgehead atoms. The molecule has 0 aliphatic carbocycles. The molecule has 0 saturated carbocycles. The van der Waals surface area contributed by atoms with Crippen LogP contribution >= 0.6 is 0 Å². The Morgan fingerprint density at radius 1 is 1.41 bits per heavy atom. The number of halogens is 1. The SMILES string of the molecule is CCC(O)(CCS(C)(=O)=O)c1cccc(F)c1. The lowest BCUT2D eigenvalue weighted by atomic mass is 9.88. The summed E-state index contributed by atoms with van der Waals surface area (Å²) in [4.78, 5) is 0. The van der Waals surface area contributed by atoms with Crippen LogP contribution in [-0.4, -0.2) is 25.5 Å². The van der Waals surface area contributed by atoms with Gasteiger partial charge in [-0.25, -0.2) is 12.8 Å². The van der Waals surface area contributed by atoms with Gasteiger partial charge in [0.15, 0.2) is 0 Å². The maximum Gasteiger partial charge on any atom is 0.147 e. The van der Waals surface area contributed by atoms with Gasteiger partial charge in [0.05, 0.1) is 11.4 Å². The maximum absolute atomic E-state index is 13.1. The van der Waals surface area contributed by atoms with Crippen LogP contribution in [0, 0.1) is 5.82 Å². The first-order chi connectivity index (χ1) is 7.77. The summed E-state index contributed by atoms with van der Waals surface area (Å²) >= 11 is 0. The Morgan fingerprint density at radius 2 is 2.06 bits per heavy atom. The smallest absolute Gasteiger partial charge is 0.147 e. The van der Waals surface area contributed by atoms with E-state index in [-0.39, 0.29) is 12.2 Å². The standard InChI is InChI=1S/C12H17FO3S/c1-3-12(14,7-8-17(2,15)16)10-5-4-6-11(13)9-10/h4-6,9,14H,3,7-8H2,1-2H3. The minimum atomic E-state index is -3.14. The van der Waals surface area contributed by atoms with E-state index in [0.29, 0.717) is 12.0 Å². The van der Waals surface area contributed by atoms with Gasteiger partial charge < -0.3 is 5.11 Å². The Balaban J connectivity index is 2.96. The van der Waals surface area contributed by atoms with Gasteiger partial charge in [-0.2, -0.15) is 0 Å². The molecule has 17 heavy (non-hydrogen) atoms. The van der Waals surface area contributed by atoms with Crippen molar-refractivity contribution in [2.24, 2.45) is 0 Å². The predicted octanol–water partition coefficient (Wildman–Crippen LogP) is 1.86. The van der Waals surface area contributed by atoms with Crippen molar-refractivity contribution in [2.45, 2.75) is 25.4 Å². The molecule has 5 heteroatoms. The largest absolute Gasteiger partial charge is 0.385 e. The normalized spacial score (nSPS) is 15.5. The minimum absolute atomic E-state index is 0.0752. The van der Waals surface area contributed by atoms with E-state index < -0.39 is 21.3 Å². The van der Waals surface area contributed by atoms with Crippen LogP contribution in [-0.2, 0) is 15.4 Å². The van der Waals surface area contributed by atoms with E-state index in [9.17, 15) is 17.9 Å². The summed E-state index contributed by atoms with van der Waals surface area (Å²) in [5.74, 6) is -0.554. The lowest BCUT2D eigenvalue weighted by Crippen LogP contribution is -2.28. The van der Waals surface area contributed by atoms with Gasteiger partial charge in [-0.15, -0.1) is 0 Å². The molecule has 1 N–H and O–H groups in total. The zero-order valence-electron chi connectivity index (χ0n) is 9.98. The van der Waals surface area contributed by atoms with Crippen LogP contribution < -0.4 is 0 Å². The molecular formula is C12H17FO3S. The van der Waals surface area contributed by atoms with Crippen LogP contribution in [0.1, 0.15) is 25.3 Å². The number of benzene rings is 1. The van der Waals surface area contributed by atoms with E-state index >= 15 is 0 Å². The van der Waals surface area contributed by atoms with Gasteiger partial charge in [-0.3, -0.25) is 0 Å². The lowest BCUT2D eigenvalue weighted by molar-refractivity contribution is 0.0289. The molecule has 1 atom stereocenters. The second kappa shape index (κ2) is 5.14. The Bertz CT molecular complexity index is 484. The Kier molecular flexibility index (Phi) is 4.27. The Morgan fingerprint density at radius 3 is 2.53 bits per heavy atom. The summed E-state index contributed by atoms with van der Waals surface area (Å²) in [6, 6.07) is 5.64. The fourth-order valence-electron chi connectivity index (χ4n) is 1.66. The van der Waals surface area contributed by atoms with Crippen LogP contribution in [0.3, 0.4) is 0 Å². The van der Waals surface area contributed by atoms with E-state index in [1.165, 1.54) is 18.2 Å². The van der Waals surface area contributed by atoms with Crippen LogP contribution in [0.15, 0.2) is 24.3 Å². The molecule has 1 unspecified atom stereocenters. The monoisotopic (exact) mass is 260 g/mol. The molecule has 1 aromatic carbocycles. The Labute approximate surface area is 101 Å². The molecule has 1 rings (SSSR count). The number of hydrogen-bond acceptors (Lipinski definition) is 3. The molecular weight excluding hydrogens is 243 g/mol. The average molecular weight is 260 g/mol. The number of hydrogen-bond donors (Lipinski definition) is 1. The topological polar surface area (TPSA) is 54.4 Å². The van der Waals surface area contributed by atoms with Gasteiger partial charge in [0.2, 0.25) is 0 Å². The van der Waals surface area contributed by atoms with Crippen LogP contribution in [0.2, 0.25) is 0 Å². The van der Waals surface area contributed by atoms with Gasteiger partial charge >= 0.3 is 0 Å². The van der Waals surface area contributed by atoms with E-state index in [2.05, 4.69) is 0 Å². The van der Waals surface area contributed by atoms with Crippen molar-refractivity contribution < 1.29 is 17.9 Å². The van der Waals surface area contributed by atoms with E-state index in [1.54, 1.807) is 13.0 Å². The summed E-state index contributed by atoms with van der Waals surface area (Å²) in [6.07, 6.45) is 1.53. The second-order valence-electron chi connectivity index (χ2n) is 4.28. The third-order valence-corrected chi connectivity index (χ3v) is 3.78.